The van der Waals surface area contributed by atoms with Gasteiger partial charge in [0, 0.05) is 20.2 Å². The van der Waals surface area contributed by atoms with Crippen LogP contribution in [0.25, 0.3) is 0 Å². The summed E-state index contributed by atoms with van der Waals surface area (Å²) in [6, 6.07) is 7.80. The predicted octanol–water partition coefficient (Wildman–Crippen LogP) is 2.76. The maximum atomic E-state index is 13.1. The Balaban J connectivity index is 2.15. The SMILES string of the molecule is COc1ccc(S(=O)(=O)N(C)C)cc1NC(=O)COc1ccc(F)c(Cl)c1. The minimum atomic E-state index is -3.68. The van der Waals surface area contributed by atoms with Crippen molar-refractivity contribution >= 4 is 33.2 Å². The maximum Gasteiger partial charge on any atom is 0.262 e. The number of sulfonamides is 1. The van der Waals surface area contributed by atoms with Crippen LogP contribution in [0.4, 0.5) is 10.1 Å². The summed E-state index contributed by atoms with van der Waals surface area (Å²) in [7, 11) is 0.516. The van der Waals surface area contributed by atoms with Gasteiger partial charge < -0.3 is 14.8 Å². The first-order valence-corrected chi connectivity index (χ1v) is 9.45. The number of methoxy groups -OCH3 is 1. The number of halogens is 2. The molecule has 1 amide bonds. The molecule has 0 saturated heterocycles. The van der Waals surface area contributed by atoms with E-state index in [9.17, 15) is 17.6 Å². The van der Waals surface area contributed by atoms with Gasteiger partial charge >= 0.3 is 0 Å². The van der Waals surface area contributed by atoms with Gasteiger partial charge in [-0.25, -0.2) is 17.1 Å². The highest BCUT2D eigenvalue weighted by molar-refractivity contribution is 7.89. The fraction of sp³-hybridized carbons (Fsp3) is 0.235. The van der Waals surface area contributed by atoms with Crippen molar-refractivity contribution in [3.63, 3.8) is 0 Å². The Morgan fingerprint density at radius 1 is 1.22 bits per heavy atom. The Kier molecular flexibility index (Phi) is 6.63. The molecule has 10 heteroatoms. The largest absolute Gasteiger partial charge is 0.495 e. The standard InChI is InChI=1S/C17H18ClFN2O5S/c1-21(2)27(23,24)12-5-7-16(25-3)15(9-12)20-17(22)10-26-11-4-6-14(19)13(18)8-11/h4-9H,10H2,1-3H3,(H,20,22). The normalized spacial score (nSPS) is 11.3. The summed E-state index contributed by atoms with van der Waals surface area (Å²) in [6.45, 7) is -0.393. The van der Waals surface area contributed by atoms with E-state index in [1.165, 1.54) is 51.5 Å². The highest BCUT2D eigenvalue weighted by Gasteiger charge is 2.20. The molecular weight excluding hydrogens is 399 g/mol. The summed E-state index contributed by atoms with van der Waals surface area (Å²) in [5, 5.41) is 2.40. The Morgan fingerprint density at radius 2 is 1.93 bits per heavy atom. The molecule has 146 valence electrons. The lowest BCUT2D eigenvalue weighted by Gasteiger charge is -2.15. The number of benzene rings is 2. The van der Waals surface area contributed by atoms with E-state index >= 15 is 0 Å². The number of rotatable bonds is 7. The zero-order valence-corrected chi connectivity index (χ0v) is 16.4. The molecule has 0 spiro atoms. The van der Waals surface area contributed by atoms with Crippen LogP contribution in [0.2, 0.25) is 5.02 Å². The van der Waals surface area contributed by atoms with Gasteiger partial charge in [0.2, 0.25) is 10.0 Å². The lowest BCUT2D eigenvalue weighted by atomic mass is 10.3. The highest BCUT2D eigenvalue weighted by Crippen LogP contribution is 2.28. The number of ether oxygens (including phenoxy) is 2. The zero-order chi connectivity index (χ0) is 20.2. The number of carbonyl (C=O) groups is 1. The molecule has 27 heavy (non-hydrogen) atoms. The van der Waals surface area contributed by atoms with Crippen LogP contribution in [0.15, 0.2) is 41.3 Å². The summed E-state index contributed by atoms with van der Waals surface area (Å²) < 4.78 is 49.1. The number of carbonyl (C=O) groups excluding carboxylic acids is 1. The highest BCUT2D eigenvalue weighted by atomic mass is 35.5. The third kappa shape index (κ3) is 5.09. The van der Waals surface area contributed by atoms with E-state index in [1.807, 2.05) is 0 Å². The van der Waals surface area contributed by atoms with Gasteiger partial charge in [-0.2, -0.15) is 0 Å². The predicted molar refractivity (Wildman–Crippen MR) is 99.4 cm³/mol. The Hall–Kier alpha value is -2.36. The maximum absolute atomic E-state index is 13.1. The molecule has 0 aliphatic heterocycles. The molecule has 7 nitrogen and oxygen atoms in total. The Morgan fingerprint density at radius 3 is 2.52 bits per heavy atom. The Bertz CT molecular complexity index is 950. The van der Waals surface area contributed by atoms with E-state index in [2.05, 4.69) is 5.32 Å². The molecule has 0 fully saturated rings. The summed E-state index contributed by atoms with van der Waals surface area (Å²) in [4.78, 5) is 12.1. The number of amides is 1. The molecular formula is C17H18ClFN2O5S. The second-order valence-electron chi connectivity index (χ2n) is 5.56. The summed E-state index contributed by atoms with van der Waals surface area (Å²) in [5.41, 5.74) is 0.172. The fourth-order valence-electron chi connectivity index (χ4n) is 2.06. The van der Waals surface area contributed by atoms with Crippen LogP contribution >= 0.6 is 11.6 Å². The van der Waals surface area contributed by atoms with Crippen LogP contribution < -0.4 is 14.8 Å². The molecule has 0 bridgehead atoms. The van der Waals surface area contributed by atoms with E-state index in [0.717, 1.165) is 10.4 Å². The van der Waals surface area contributed by atoms with Gasteiger partial charge in [-0.3, -0.25) is 4.79 Å². The lowest BCUT2D eigenvalue weighted by molar-refractivity contribution is -0.118. The van der Waals surface area contributed by atoms with Gasteiger partial charge in [0.25, 0.3) is 5.91 Å². The van der Waals surface area contributed by atoms with Gasteiger partial charge in [-0.1, -0.05) is 11.6 Å². The van der Waals surface area contributed by atoms with E-state index in [-0.39, 0.29) is 27.1 Å². The van der Waals surface area contributed by atoms with Crippen molar-refractivity contribution in [1.29, 1.82) is 0 Å². The quantitative estimate of drug-likeness (QED) is 0.750. The molecule has 0 unspecified atom stereocenters. The van der Waals surface area contributed by atoms with E-state index < -0.39 is 28.4 Å². The average molecular weight is 417 g/mol. The molecule has 0 heterocycles. The van der Waals surface area contributed by atoms with Crippen molar-refractivity contribution < 1.29 is 27.1 Å². The first kappa shape index (κ1) is 20.9. The first-order valence-electron chi connectivity index (χ1n) is 7.63. The van der Waals surface area contributed by atoms with Crippen molar-refractivity contribution in [1.82, 2.24) is 4.31 Å². The lowest BCUT2D eigenvalue weighted by Crippen LogP contribution is -2.23. The molecule has 2 aromatic carbocycles. The van der Waals surface area contributed by atoms with Gasteiger partial charge in [0.05, 0.1) is 22.7 Å². The number of nitrogens with one attached hydrogen (secondary N) is 1. The van der Waals surface area contributed by atoms with Gasteiger partial charge in [-0.05, 0) is 30.3 Å². The van der Waals surface area contributed by atoms with Crippen LogP contribution in [-0.2, 0) is 14.8 Å². The molecule has 0 radical (unpaired) electrons. The van der Waals surface area contributed by atoms with E-state index in [0.29, 0.717) is 0 Å². The molecule has 0 aromatic heterocycles. The van der Waals surface area contributed by atoms with Gasteiger partial charge in [-0.15, -0.1) is 0 Å². The van der Waals surface area contributed by atoms with Crippen molar-refractivity contribution in [3.8, 4) is 11.5 Å². The summed E-state index contributed by atoms with van der Waals surface area (Å²) in [6.07, 6.45) is 0. The minimum absolute atomic E-state index is 0.00478. The monoisotopic (exact) mass is 416 g/mol. The van der Waals surface area contributed by atoms with Crippen LogP contribution in [0.5, 0.6) is 11.5 Å². The smallest absolute Gasteiger partial charge is 0.262 e. The van der Waals surface area contributed by atoms with Gasteiger partial charge in [0.1, 0.15) is 17.3 Å². The summed E-state index contributed by atoms with van der Waals surface area (Å²) >= 11 is 5.65. The van der Waals surface area contributed by atoms with Crippen LogP contribution in [0.3, 0.4) is 0 Å². The fourth-order valence-corrected chi connectivity index (χ4v) is 3.16. The van der Waals surface area contributed by atoms with Gasteiger partial charge in [0.15, 0.2) is 6.61 Å². The molecule has 0 aliphatic carbocycles. The van der Waals surface area contributed by atoms with Crippen LogP contribution in [0, 0.1) is 5.82 Å². The van der Waals surface area contributed by atoms with Crippen molar-refractivity contribution in [3.05, 3.63) is 47.2 Å². The minimum Gasteiger partial charge on any atom is -0.495 e. The number of hydrogen-bond acceptors (Lipinski definition) is 5. The number of anilines is 1. The van der Waals surface area contributed by atoms with Crippen molar-refractivity contribution in [2.45, 2.75) is 4.90 Å². The Labute approximate surface area is 161 Å². The molecule has 2 rings (SSSR count). The van der Waals surface area contributed by atoms with Crippen LogP contribution in [-0.4, -0.2) is 46.4 Å². The van der Waals surface area contributed by atoms with E-state index in [1.54, 1.807) is 0 Å². The van der Waals surface area contributed by atoms with Crippen LogP contribution in [0.1, 0.15) is 0 Å². The average Bonchev–Trinajstić information content (AvgIpc) is 2.62. The zero-order valence-electron chi connectivity index (χ0n) is 14.8. The first-order chi connectivity index (χ1) is 12.6. The second kappa shape index (κ2) is 8.55. The molecule has 0 atom stereocenters. The van der Waals surface area contributed by atoms with Crippen molar-refractivity contribution in [2.24, 2.45) is 0 Å². The topological polar surface area (TPSA) is 84.9 Å². The number of hydrogen-bond donors (Lipinski definition) is 1. The number of nitrogens with zero attached hydrogens (tertiary/aromatic N) is 1. The third-order valence-electron chi connectivity index (χ3n) is 3.48. The summed E-state index contributed by atoms with van der Waals surface area (Å²) in [5.74, 6) is -0.663. The molecule has 1 N–H and O–H groups in total. The molecule has 2 aromatic rings. The molecule has 0 saturated carbocycles. The molecule has 0 aliphatic rings. The second-order valence-corrected chi connectivity index (χ2v) is 8.12. The third-order valence-corrected chi connectivity index (χ3v) is 5.59. The van der Waals surface area contributed by atoms with Crippen molar-refractivity contribution in [2.75, 3.05) is 33.1 Å². The van der Waals surface area contributed by atoms with E-state index in [4.69, 9.17) is 21.1 Å².